The molecule has 2 aromatic carbocycles. The van der Waals surface area contributed by atoms with E-state index in [1.165, 1.54) is 10.4 Å². The number of hydrogen-bond acceptors (Lipinski definition) is 4. The van der Waals surface area contributed by atoms with Crippen LogP contribution in [0, 0.1) is 0 Å². The molecule has 0 spiro atoms. The van der Waals surface area contributed by atoms with Gasteiger partial charge < -0.3 is 9.47 Å². The van der Waals surface area contributed by atoms with Crippen LogP contribution in [0.2, 0.25) is 0 Å². The highest BCUT2D eigenvalue weighted by atomic mass is 32.2. The molecule has 1 aliphatic rings. The number of aryl methyl sites for hydroxylation is 1. The minimum absolute atomic E-state index is 0.171. The summed E-state index contributed by atoms with van der Waals surface area (Å²) in [7, 11) is -1.85. The molecule has 1 aromatic heterocycles. The van der Waals surface area contributed by atoms with E-state index in [9.17, 15) is 13.2 Å². The molecule has 2 heterocycles. The van der Waals surface area contributed by atoms with Crippen molar-refractivity contribution in [2.45, 2.75) is 37.8 Å². The molecule has 158 valence electrons. The van der Waals surface area contributed by atoms with Gasteiger partial charge in [-0.1, -0.05) is 18.2 Å². The number of para-hydroxylation sites is 2. The molecule has 0 saturated carbocycles. The first-order valence-electron chi connectivity index (χ1n) is 10.2. The van der Waals surface area contributed by atoms with Gasteiger partial charge in [-0.3, -0.25) is 4.79 Å². The SMILES string of the molecule is CCn1c(CN(C)C(=O)c2cccc(S(=O)(=O)N3CCCC3)c2)nc2ccccc21. The van der Waals surface area contributed by atoms with E-state index >= 15 is 0 Å². The van der Waals surface area contributed by atoms with Crippen LogP contribution < -0.4 is 0 Å². The van der Waals surface area contributed by atoms with E-state index in [4.69, 9.17) is 0 Å². The molecule has 3 aromatic rings. The summed E-state index contributed by atoms with van der Waals surface area (Å²) in [6.07, 6.45) is 1.75. The molecule has 1 saturated heterocycles. The highest BCUT2D eigenvalue weighted by molar-refractivity contribution is 7.89. The number of sulfonamides is 1. The molecule has 0 radical (unpaired) electrons. The fourth-order valence-corrected chi connectivity index (χ4v) is 5.53. The van der Waals surface area contributed by atoms with Crippen molar-refractivity contribution in [1.82, 2.24) is 18.8 Å². The van der Waals surface area contributed by atoms with Gasteiger partial charge >= 0.3 is 0 Å². The normalized spacial score (nSPS) is 15.0. The molecule has 0 bridgehead atoms. The third-order valence-corrected chi connectivity index (χ3v) is 7.45. The van der Waals surface area contributed by atoms with E-state index < -0.39 is 10.0 Å². The zero-order valence-corrected chi connectivity index (χ0v) is 18.1. The number of hydrogen-bond donors (Lipinski definition) is 0. The van der Waals surface area contributed by atoms with Crippen molar-refractivity contribution in [2.75, 3.05) is 20.1 Å². The van der Waals surface area contributed by atoms with E-state index in [-0.39, 0.29) is 10.8 Å². The third-order valence-electron chi connectivity index (χ3n) is 5.56. The summed E-state index contributed by atoms with van der Waals surface area (Å²) in [5.41, 5.74) is 2.29. The molecule has 1 fully saturated rings. The molecule has 8 heteroatoms. The third kappa shape index (κ3) is 3.73. The summed E-state index contributed by atoms with van der Waals surface area (Å²) in [6, 6.07) is 14.2. The van der Waals surface area contributed by atoms with Gasteiger partial charge in [-0.05, 0) is 50.1 Å². The Morgan fingerprint density at radius 3 is 2.57 bits per heavy atom. The summed E-state index contributed by atoms with van der Waals surface area (Å²) in [5.74, 6) is 0.568. The van der Waals surface area contributed by atoms with Gasteiger partial charge in [0.1, 0.15) is 5.82 Å². The predicted molar refractivity (Wildman–Crippen MR) is 116 cm³/mol. The molecular formula is C22H26N4O3S. The van der Waals surface area contributed by atoms with Crippen LogP contribution in [0.15, 0.2) is 53.4 Å². The average molecular weight is 427 g/mol. The van der Waals surface area contributed by atoms with Crippen molar-refractivity contribution in [3.63, 3.8) is 0 Å². The Labute approximate surface area is 177 Å². The topological polar surface area (TPSA) is 75.5 Å². The lowest BCUT2D eigenvalue weighted by molar-refractivity contribution is 0.0780. The van der Waals surface area contributed by atoms with E-state index in [2.05, 4.69) is 9.55 Å². The Balaban J connectivity index is 1.58. The van der Waals surface area contributed by atoms with Gasteiger partial charge in [0.2, 0.25) is 10.0 Å². The Kier molecular flexibility index (Phi) is 5.62. The van der Waals surface area contributed by atoms with Crippen LogP contribution in [0.5, 0.6) is 0 Å². The van der Waals surface area contributed by atoms with Crippen LogP contribution in [-0.4, -0.2) is 53.2 Å². The Morgan fingerprint density at radius 2 is 1.83 bits per heavy atom. The molecule has 7 nitrogen and oxygen atoms in total. The quantitative estimate of drug-likeness (QED) is 0.607. The highest BCUT2D eigenvalue weighted by Crippen LogP contribution is 2.22. The maximum absolute atomic E-state index is 13.0. The van der Waals surface area contributed by atoms with Gasteiger partial charge in [0.25, 0.3) is 5.91 Å². The summed E-state index contributed by atoms with van der Waals surface area (Å²) in [5, 5.41) is 0. The summed E-state index contributed by atoms with van der Waals surface area (Å²) >= 11 is 0. The minimum atomic E-state index is -3.56. The van der Waals surface area contributed by atoms with Crippen LogP contribution in [0.25, 0.3) is 11.0 Å². The molecule has 1 amide bonds. The van der Waals surface area contributed by atoms with Crippen LogP contribution in [0.3, 0.4) is 0 Å². The molecule has 0 N–H and O–H groups in total. The highest BCUT2D eigenvalue weighted by Gasteiger charge is 2.28. The molecular weight excluding hydrogens is 400 g/mol. The van der Waals surface area contributed by atoms with Gasteiger partial charge in [0.15, 0.2) is 0 Å². The number of amides is 1. The van der Waals surface area contributed by atoms with Crippen LogP contribution in [-0.2, 0) is 23.1 Å². The van der Waals surface area contributed by atoms with Gasteiger partial charge in [0, 0.05) is 32.2 Å². The molecule has 0 unspecified atom stereocenters. The van der Waals surface area contributed by atoms with E-state index in [0.717, 1.165) is 36.2 Å². The molecule has 0 atom stereocenters. The minimum Gasteiger partial charge on any atom is -0.334 e. The number of aromatic nitrogens is 2. The van der Waals surface area contributed by atoms with Gasteiger partial charge in [-0.2, -0.15) is 4.31 Å². The number of carbonyl (C=O) groups is 1. The number of benzene rings is 2. The number of nitrogens with zero attached hydrogens (tertiary/aromatic N) is 4. The second kappa shape index (κ2) is 8.20. The standard InChI is InChI=1S/C22H26N4O3S/c1-3-26-20-12-5-4-11-19(20)23-21(26)16-24(2)22(27)17-9-8-10-18(15-17)30(28,29)25-13-6-7-14-25/h4-5,8-12,15H,3,6-7,13-14,16H2,1-2H3. The number of imidazole rings is 1. The first-order chi connectivity index (χ1) is 14.4. The largest absolute Gasteiger partial charge is 0.334 e. The molecule has 0 aliphatic carbocycles. The molecule has 30 heavy (non-hydrogen) atoms. The number of fused-ring (bicyclic) bond motifs is 1. The number of carbonyl (C=O) groups excluding carboxylic acids is 1. The first-order valence-corrected chi connectivity index (χ1v) is 11.7. The smallest absolute Gasteiger partial charge is 0.254 e. The Bertz CT molecular complexity index is 1180. The Morgan fingerprint density at radius 1 is 1.10 bits per heavy atom. The fraction of sp³-hybridized carbons (Fsp3) is 0.364. The van der Waals surface area contributed by atoms with Crippen molar-refractivity contribution < 1.29 is 13.2 Å². The second-order valence-electron chi connectivity index (χ2n) is 7.56. The summed E-state index contributed by atoms with van der Waals surface area (Å²) < 4.78 is 29.3. The van der Waals surface area contributed by atoms with E-state index in [0.29, 0.717) is 25.2 Å². The van der Waals surface area contributed by atoms with Gasteiger partial charge in [-0.25, -0.2) is 13.4 Å². The van der Waals surface area contributed by atoms with Gasteiger partial charge in [0.05, 0.1) is 22.5 Å². The summed E-state index contributed by atoms with van der Waals surface area (Å²) in [4.78, 5) is 19.5. The van der Waals surface area contributed by atoms with Crippen LogP contribution >= 0.6 is 0 Å². The zero-order valence-electron chi connectivity index (χ0n) is 17.3. The van der Waals surface area contributed by atoms with E-state index in [1.807, 2.05) is 31.2 Å². The number of rotatable bonds is 6. The Hall–Kier alpha value is -2.71. The summed E-state index contributed by atoms with van der Waals surface area (Å²) in [6.45, 7) is 4.21. The monoisotopic (exact) mass is 426 g/mol. The molecule has 1 aliphatic heterocycles. The van der Waals surface area contributed by atoms with Crippen LogP contribution in [0.4, 0.5) is 0 Å². The van der Waals surface area contributed by atoms with Crippen molar-refractivity contribution in [3.05, 3.63) is 59.9 Å². The zero-order chi connectivity index (χ0) is 21.3. The lowest BCUT2D eigenvalue weighted by atomic mass is 10.2. The van der Waals surface area contributed by atoms with Crippen LogP contribution in [0.1, 0.15) is 35.9 Å². The average Bonchev–Trinajstić information content (AvgIpc) is 3.41. The first kappa shape index (κ1) is 20.6. The predicted octanol–water partition coefficient (Wildman–Crippen LogP) is 3.11. The van der Waals surface area contributed by atoms with Crippen molar-refractivity contribution in [2.24, 2.45) is 0 Å². The van der Waals surface area contributed by atoms with Crippen molar-refractivity contribution in [3.8, 4) is 0 Å². The van der Waals surface area contributed by atoms with Crippen molar-refractivity contribution in [1.29, 1.82) is 0 Å². The second-order valence-corrected chi connectivity index (χ2v) is 9.50. The fourth-order valence-electron chi connectivity index (χ4n) is 3.97. The molecule has 4 rings (SSSR count). The van der Waals surface area contributed by atoms with Crippen molar-refractivity contribution >= 4 is 27.0 Å². The maximum Gasteiger partial charge on any atom is 0.254 e. The maximum atomic E-state index is 13.0. The van der Waals surface area contributed by atoms with E-state index in [1.54, 1.807) is 30.1 Å². The lowest BCUT2D eigenvalue weighted by Gasteiger charge is -2.19. The van der Waals surface area contributed by atoms with Gasteiger partial charge in [-0.15, -0.1) is 0 Å². The lowest BCUT2D eigenvalue weighted by Crippen LogP contribution is -2.29.